The van der Waals surface area contributed by atoms with E-state index in [-0.39, 0.29) is 23.9 Å². The largest absolute Gasteiger partial charge is 0.333 e. The maximum Gasteiger partial charge on any atom is 0.238 e. The summed E-state index contributed by atoms with van der Waals surface area (Å²) in [6.07, 6.45) is 1.55. The first-order chi connectivity index (χ1) is 8.10. The van der Waals surface area contributed by atoms with Crippen molar-refractivity contribution in [1.29, 1.82) is 0 Å². The molecule has 0 saturated carbocycles. The molecule has 1 amide bonds. The summed E-state index contributed by atoms with van der Waals surface area (Å²) in [4.78, 5) is 12.9. The highest BCUT2D eigenvalue weighted by molar-refractivity contribution is 6.31. The summed E-state index contributed by atoms with van der Waals surface area (Å²) in [5.41, 5.74) is 0.287. The lowest BCUT2D eigenvalue weighted by atomic mass is 10.2. The fraction of sp³-hybridized carbons (Fsp3) is 0.250. The highest BCUT2D eigenvalue weighted by atomic mass is 35.5. The van der Waals surface area contributed by atoms with Crippen LogP contribution in [0.25, 0.3) is 0 Å². The minimum atomic E-state index is -0.436. The highest BCUT2D eigenvalue weighted by Crippen LogP contribution is 2.20. The first kappa shape index (κ1) is 14.0. The zero-order valence-corrected chi connectivity index (χ0v) is 10.6. The Kier molecular flexibility index (Phi) is 5.45. The Morgan fingerprint density at radius 1 is 1.53 bits per heavy atom. The van der Waals surface area contributed by atoms with Gasteiger partial charge in [0.1, 0.15) is 11.7 Å². The quantitative estimate of drug-likeness (QED) is 0.597. The van der Waals surface area contributed by atoms with Crippen molar-refractivity contribution in [3.8, 4) is 0 Å². The van der Waals surface area contributed by atoms with Crippen molar-refractivity contribution < 1.29 is 9.18 Å². The van der Waals surface area contributed by atoms with Crippen LogP contribution >= 0.6 is 23.2 Å². The molecular formula is C12H12Cl2FNO. The Hall–Kier alpha value is -1.06. The molecule has 1 aromatic carbocycles. The molecule has 17 heavy (non-hydrogen) atoms. The molecule has 0 saturated heterocycles. The van der Waals surface area contributed by atoms with Gasteiger partial charge in [0.15, 0.2) is 0 Å². The smallest absolute Gasteiger partial charge is 0.238 e. The third kappa shape index (κ3) is 3.72. The van der Waals surface area contributed by atoms with Crippen molar-refractivity contribution in [3.63, 3.8) is 0 Å². The van der Waals surface area contributed by atoms with E-state index in [0.717, 1.165) is 0 Å². The van der Waals surface area contributed by atoms with Crippen LogP contribution in [0.15, 0.2) is 30.9 Å². The number of nitrogens with zero attached hydrogens (tertiary/aromatic N) is 1. The van der Waals surface area contributed by atoms with E-state index in [0.29, 0.717) is 11.6 Å². The van der Waals surface area contributed by atoms with E-state index in [1.165, 1.54) is 17.0 Å². The molecule has 1 rings (SSSR count). The molecule has 0 bridgehead atoms. The highest BCUT2D eigenvalue weighted by Gasteiger charge is 2.15. The number of carbonyl (C=O) groups is 1. The minimum Gasteiger partial charge on any atom is -0.333 e. The molecule has 0 aliphatic heterocycles. The lowest BCUT2D eigenvalue weighted by molar-refractivity contribution is -0.128. The number of alkyl halides is 1. The van der Waals surface area contributed by atoms with Crippen LogP contribution < -0.4 is 0 Å². The normalized spacial score (nSPS) is 10.1. The zero-order chi connectivity index (χ0) is 12.8. The number of amides is 1. The van der Waals surface area contributed by atoms with Crippen molar-refractivity contribution in [3.05, 3.63) is 47.3 Å². The molecule has 0 fully saturated rings. The predicted octanol–water partition coefficient (Wildman–Crippen LogP) is 3.23. The van der Waals surface area contributed by atoms with Gasteiger partial charge in [-0.2, -0.15) is 0 Å². The van der Waals surface area contributed by atoms with Gasteiger partial charge in [0.2, 0.25) is 5.91 Å². The number of halogens is 3. The van der Waals surface area contributed by atoms with Crippen molar-refractivity contribution >= 4 is 29.1 Å². The monoisotopic (exact) mass is 275 g/mol. The molecule has 0 unspecified atom stereocenters. The molecule has 2 nitrogen and oxygen atoms in total. The molecule has 0 aromatic heterocycles. The van der Waals surface area contributed by atoms with Gasteiger partial charge < -0.3 is 4.90 Å². The van der Waals surface area contributed by atoms with Crippen LogP contribution in [0.5, 0.6) is 0 Å². The summed E-state index contributed by atoms with van der Waals surface area (Å²) < 4.78 is 13.5. The fourth-order valence-corrected chi connectivity index (χ4v) is 1.76. The van der Waals surface area contributed by atoms with E-state index < -0.39 is 5.82 Å². The summed E-state index contributed by atoms with van der Waals surface area (Å²) in [5, 5.41) is 0.293. The van der Waals surface area contributed by atoms with Crippen LogP contribution in [0, 0.1) is 5.82 Å². The molecule has 0 heterocycles. The lowest BCUT2D eigenvalue weighted by Crippen LogP contribution is -2.32. The standard InChI is InChI=1S/C12H12Cl2FNO/c1-2-6-16(12(17)7-13)8-9-10(14)4-3-5-11(9)15/h2-5H,1,6-8H2. The van der Waals surface area contributed by atoms with Crippen molar-refractivity contribution in [2.45, 2.75) is 6.54 Å². The summed E-state index contributed by atoms with van der Waals surface area (Å²) >= 11 is 11.4. The number of hydrogen-bond donors (Lipinski definition) is 0. The van der Waals surface area contributed by atoms with Crippen molar-refractivity contribution in [1.82, 2.24) is 4.90 Å². The Bertz CT molecular complexity index is 403. The average molecular weight is 276 g/mol. The van der Waals surface area contributed by atoms with Crippen LogP contribution in [0.3, 0.4) is 0 Å². The molecule has 5 heteroatoms. The van der Waals surface area contributed by atoms with Crippen molar-refractivity contribution in [2.24, 2.45) is 0 Å². The van der Waals surface area contributed by atoms with Gasteiger partial charge in [-0.25, -0.2) is 4.39 Å². The van der Waals surface area contributed by atoms with Gasteiger partial charge in [-0.05, 0) is 12.1 Å². The maximum absolute atomic E-state index is 13.5. The summed E-state index contributed by atoms with van der Waals surface area (Å²) in [6.45, 7) is 3.93. The van der Waals surface area contributed by atoms with E-state index >= 15 is 0 Å². The maximum atomic E-state index is 13.5. The number of carbonyl (C=O) groups excluding carboxylic acids is 1. The summed E-state index contributed by atoms with van der Waals surface area (Å²) in [7, 11) is 0. The second kappa shape index (κ2) is 6.62. The molecule has 92 valence electrons. The molecule has 0 spiro atoms. The van der Waals surface area contributed by atoms with E-state index in [4.69, 9.17) is 23.2 Å². The number of rotatable bonds is 5. The van der Waals surface area contributed by atoms with Crippen molar-refractivity contribution in [2.75, 3.05) is 12.4 Å². The van der Waals surface area contributed by atoms with Gasteiger partial charge in [-0.1, -0.05) is 23.7 Å². The number of benzene rings is 1. The topological polar surface area (TPSA) is 20.3 Å². The SMILES string of the molecule is C=CCN(Cc1c(F)cccc1Cl)C(=O)CCl. The van der Waals surface area contributed by atoms with Crippen LogP contribution in [-0.2, 0) is 11.3 Å². The van der Waals surface area contributed by atoms with Gasteiger partial charge in [-0.15, -0.1) is 18.2 Å². The first-order valence-corrected chi connectivity index (χ1v) is 5.89. The molecule has 0 atom stereocenters. The van der Waals surface area contributed by atoms with E-state index in [1.807, 2.05) is 0 Å². The zero-order valence-electron chi connectivity index (χ0n) is 9.13. The summed E-state index contributed by atoms with van der Waals surface area (Å²) in [6, 6.07) is 4.40. The second-order valence-electron chi connectivity index (χ2n) is 3.40. The lowest BCUT2D eigenvalue weighted by Gasteiger charge is -2.21. The Morgan fingerprint density at radius 2 is 2.24 bits per heavy atom. The van der Waals surface area contributed by atoms with E-state index in [2.05, 4.69) is 6.58 Å². The van der Waals surface area contributed by atoms with Crippen LogP contribution in [0.1, 0.15) is 5.56 Å². The molecular weight excluding hydrogens is 264 g/mol. The Morgan fingerprint density at radius 3 is 2.76 bits per heavy atom. The molecule has 0 aliphatic carbocycles. The third-order valence-electron chi connectivity index (χ3n) is 2.23. The second-order valence-corrected chi connectivity index (χ2v) is 4.07. The predicted molar refractivity (Wildman–Crippen MR) is 67.7 cm³/mol. The van der Waals surface area contributed by atoms with Gasteiger partial charge in [0.25, 0.3) is 0 Å². The van der Waals surface area contributed by atoms with Crippen LogP contribution in [0.4, 0.5) is 4.39 Å². The Balaban J connectivity index is 2.93. The Labute approximate surface area is 110 Å². The molecule has 0 N–H and O–H groups in total. The van der Waals surface area contributed by atoms with Crippen LogP contribution in [0.2, 0.25) is 5.02 Å². The molecule has 0 radical (unpaired) electrons. The third-order valence-corrected chi connectivity index (χ3v) is 2.81. The minimum absolute atomic E-state index is 0.0864. The van der Waals surface area contributed by atoms with Gasteiger partial charge in [-0.3, -0.25) is 4.79 Å². The fourth-order valence-electron chi connectivity index (χ4n) is 1.37. The number of hydrogen-bond acceptors (Lipinski definition) is 1. The average Bonchev–Trinajstić information content (AvgIpc) is 2.31. The molecule has 1 aromatic rings. The van der Waals surface area contributed by atoms with Gasteiger partial charge in [0, 0.05) is 17.1 Å². The van der Waals surface area contributed by atoms with E-state index in [9.17, 15) is 9.18 Å². The first-order valence-electron chi connectivity index (χ1n) is 4.97. The van der Waals surface area contributed by atoms with Crippen LogP contribution in [-0.4, -0.2) is 23.2 Å². The van der Waals surface area contributed by atoms with Gasteiger partial charge >= 0.3 is 0 Å². The summed E-state index contributed by atoms with van der Waals surface area (Å²) in [5.74, 6) is -0.875. The molecule has 0 aliphatic rings. The van der Waals surface area contributed by atoms with E-state index in [1.54, 1.807) is 12.1 Å². The van der Waals surface area contributed by atoms with Gasteiger partial charge in [0.05, 0.1) is 6.54 Å².